The average molecular weight is 317 g/mol. The van der Waals surface area contributed by atoms with Crippen molar-refractivity contribution in [2.24, 2.45) is 0 Å². The minimum absolute atomic E-state index is 0.301. The molecule has 0 aromatic heterocycles. The van der Waals surface area contributed by atoms with Gasteiger partial charge in [-0.15, -0.1) is 0 Å². The molecule has 0 aliphatic carbocycles. The number of aromatic hydroxyl groups is 1. The van der Waals surface area contributed by atoms with Crippen molar-refractivity contribution >= 4 is 25.2 Å². The van der Waals surface area contributed by atoms with Crippen molar-refractivity contribution in [3.05, 3.63) is 65.7 Å². The number of phenols is 1. The molecule has 3 rings (SSSR count). The first-order valence-electron chi connectivity index (χ1n) is 6.19. The van der Waals surface area contributed by atoms with Gasteiger partial charge in [-0.25, -0.2) is 0 Å². The van der Waals surface area contributed by atoms with Crippen LogP contribution in [0.1, 0.15) is 11.1 Å². The molecule has 96 valence electrons. The summed E-state index contributed by atoms with van der Waals surface area (Å²) in [4.78, 5) is 0. The predicted octanol–water partition coefficient (Wildman–Crippen LogP) is 3.37. The third kappa shape index (κ3) is 2.67. The van der Waals surface area contributed by atoms with E-state index in [1.165, 1.54) is 4.47 Å². The van der Waals surface area contributed by atoms with Gasteiger partial charge < -0.3 is 0 Å². The standard InChI is InChI=1S/C16H14O2Se/c17-14-8-6-13(7-9-14)16-15(18-10-11-19-16)12-4-2-1-3-5-12/h1-9,17H,10-11H2. The molecule has 2 nitrogen and oxygen atoms in total. The van der Waals surface area contributed by atoms with Crippen LogP contribution in [0.4, 0.5) is 0 Å². The Hall–Kier alpha value is -1.70. The van der Waals surface area contributed by atoms with Crippen molar-refractivity contribution in [3.63, 3.8) is 0 Å². The topological polar surface area (TPSA) is 29.5 Å². The first kappa shape index (κ1) is 12.3. The molecule has 1 aliphatic rings. The molecule has 0 saturated carbocycles. The molecular weight excluding hydrogens is 303 g/mol. The molecule has 0 saturated heterocycles. The summed E-state index contributed by atoms with van der Waals surface area (Å²) in [5, 5.41) is 10.5. The Morgan fingerprint density at radius 2 is 1.63 bits per heavy atom. The summed E-state index contributed by atoms with van der Waals surface area (Å²) in [6.07, 6.45) is 0. The molecule has 0 bridgehead atoms. The number of hydrogen-bond acceptors (Lipinski definition) is 2. The van der Waals surface area contributed by atoms with Gasteiger partial charge in [-0.05, 0) is 0 Å². The molecule has 0 radical (unpaired) electrons. The third-order valence-electron chi connectivity index (χ3n) is 2.95. The zero-order valence-electron chi connectivity index (χ0n) is 10.4. The fourth-order valence-electron chi connectivity index (χ4n) is 2.05. The molecule has 0 atom stereocenters. The van der Waals surface area contributed by atoms with Crippen LogP contribution in [-0.2, 0) is 4.74 Å². The summed E-state index contributed by atoms with van der Waals surface area (Å²) in [6.45, 7) is 0.797. The molecule has 1 N–H and O–H groups in total. The number of benzene rings is 2. The molecule has 1 heterocycles. The molecule has 0 spiro atoms. The van der Waals surface area contributed by atoms with Gasteiger partial charge in [0.05, 0.1) is 0 Å². The van der Waals surface area contributed by atoms with Gasteiger partial charge in [-0.1, -0.05) is 0 Å². The Bertz CT molecular complexity index is 588. The molecule has 0 unspecified atom stereocenters. The van der Waals surface area contributed by atoms with Crippen LogP contribution in [0.5, 0.6) is 5.75 Å². The maximum absolute atomic E-state index is 9.40. The van der Waals surface area contributed by atoms with Crippen molar-refractivity contribution in [3.8, 4) is 5.75 Å². The Labute approximate surface area is 118 Å². The predicted molar refractivity (Wildman–Crippen MR) is 77.9 cm³/mol. The number of ether oxygens (including phenoxy) is 1. The monoisotopic (exact) mass is 318 g/mol. The van der Waals surface area contributed by atoms with Crippen molar-refractivity contribution in [1.82, 2.24) is 0 Å². The second-order valence-electron chi connectivity index (χ2n) is 4.27. The van der Waals surface area contributed by atoms with E-state index in [0.29, 0.717) is 20.7 Å². The first-order valence-corrected chi connectivity index (χ1v) is 8.26. The molecule has 2 aromatic rings. The minimum atomic E-state index is 0.301. The van der Waals surface area contributed by atoms with Crippen LogP contribution in [0.15, 0.2) is 54.6 Å². The summed E-state index contributed by atoms with van der Waals surface area (Å²) >= 11 is 0.417. The molecule has 0 amide bonds. The van der Waals surface area contributed by atoms with Crippen LogP contribution in [0.3, 0.4) is 0 Å². The summed E-state index contributed by atoms with van der Waals surface area (Å²) in [5.74, 6) is 1.30. The Morgan fingerprint density at radius 1 is 0.895 bits per heavy atom. The quantitative estimate of drug-likeness (QED) is 0.861. The van der Waals surface area contributed by atoms with Crippen molar-refractivity contribution in [2.45, 2.75) is 5.32 Å². The second kappa shape index (κ2) is 5.52. The zero-order chi connectivity index (χ0) is 13.1. The summed E-state index contributed by atoms with van der Waals surface area (Å²) in [6, 6.07) is 17.6. The normalized spacial score (nSPS) is 15.2. The maximum atomic E-state index is 9.40. The van der Waals surface area contributed by atoms with Crippen LogP contribution in [0.2, 0.25) is 5.32 Å². The van der Waals surface area contributed by atoms with Gasteiger partial charge >= 0.3 is 118 Å². The zero-order valence-corrected chi connectivity index (χ0v) is 12.1. The van der Waals surface area contributed by atoms with Crippen LogP contribution < -0.4 is 0 Å². The van der Waals surface area contributed by atoms with E-state index in [4.69, 9.17) is 4.74 Å². The number of phenolic OH excluding ortho intramolecular Hbond substituents is 1. The van der Waals surface area contributed by atoms with Crippen LogP contribution in [0, 0.1) is 0 Å². The van der Waals surface area contributed by atoms with Gasteiger partial charge in [-0.2, -0.15) is 0 Å². The SMILES string of the molecule is Oc1ccc(C2=C(c3ccccc3)OCC[Se]2)cc1. The third-order valence-corrected chi connectivity index (χ3v) is 5.21. The number of hydrogen-bond donors (Lipinski definition) is 1. The van der Waals surface area contributed by atoms with Gasteiger partial charge in [-0.3, -0.25) is 0 Å². The van der Waals surface area contributed by atoms with E-state index in [2.05, 4.69) is 12.1 Å². The summed E-state index contributed by atoms with van der Waals surface area (Å²) in [5.41, 5.74) is 2.28. The molecule has 3 heteroatoms. The molecule has 19 heavy (non-hydrogen) atoms. The fourth-order valence-corrected chi connectivity index (χ4v) is 4.11. The van der Waals surface area contributed by atoms with Crippen molar-refractivity contribution in [1.29, 1.82) is 0 Å². The van der Waals surface area contributed by atoms with Gasteiger partial charge in [0.1, 0.15) is 0 Å². The second-order valence-corrected chi connectivity index (χ2v) is 6.59. The van der Waals surface area contributed by atoms with E-state index < -0.39 is 0 Å². The average Bonchev–Trinajstić information content (AvgIpc) is 2.49. The van der Waals surface area contributed by atoms with Crippen molar-refractivity contribution < 1.29 is 9.84 Å². The molecular formula is C16H14O2Se. The van der Waals surface area contributed by atoms with E-state index in [9.17, 15) is 5.11 Å². The van der Waals surface area contributed by atoms with E-state index in [1.807, 2.05) is 30.3 Å². The Kier molecular flexibility index (Phi) is 3.58. The van der Waals surface area contributed by atoms with Crippen LogP contribution in [0.25, 0.3) is 10.2 Å². The van der Waals surface area contributed by atoms with Gasteiger partial charge in [0.25, 0.3) is 0 Å². The van der Waals surface area contributed by atoms with E-state index in [1.54, 1.807) is 12.1 Å². The van der Waals surface area contributed by atoms with Crippen molar-refractivity contribution in [2.75, 3.05) is 6.61 Å². The van der Waals surface area contributed by atoms with E-state index in [0.717, 1.165) is 28.8 Å². The Morgan fingerprint density at radius 3 is 2.37 bits per heavy atom. The van der Waals surface area contributed by atoms with Crippen LogP contribution in [-0.4, -0.2) is 26.7 Å². The fraction of sp³-hybridized carbons (Fsp3) is 0.125. The Balaban J connectivity index is 2.08. The number of rotatable bonds is 2. The van der Waals surface area contributed by atoms with E-state index in [-0.39, 0.29) is 0 Å². The summed E-state index contributed by atoms with van der Waals surface area (Å²) in [7, 11) is 0. The molecule has 2 aromatic carbocycles. The van der Waals surface area contributed by atoms with Gasteiger partial charge in [0.15, 0.2) is 0 Å². The molecule has 0 fully saturated rings. The summed E-state index contributed by atoms with van der Waals surface area (Å²) < 4.78 is 7.18. The first-order chi connectivity index (χ1) is 9.34. The van der Waals surface area contributed by atoms with Gasteiger partial charge in [0, 0.05) is 0 Å². The van der Waals surface area contributed by atoms with E-state index >= 15 is 0 Å². The van der Waals surface area contributed by atoms with Gasteiger partial charge in [0.2, 0.25) is 0 Å². The van der Waals surface area contributed by atoms with Crippen LogP contribution >= 0.6 is 0 Å². The molecule has 1 aliphatic heterocycles.